The van der Waals surface area contributed by atoms with E-state index in [9.17, 15) is 4.79 Å². The Kier molecular flexibility index (Phi) is 9.25. The molecule has 1 atom stereocenters. The number of nitrogens with one attached hydrogen (secondary N) is 2. The van der Waals surface area contributed by atoms with E-state index in [-0.39, 0.29) is 22.8 Å². The van der Waals surface area contributed by atoms with Gasteiger partial charge in [0, 0.05) is 37.6 Å². The Morgan fingerprint density at radius 3 is 2.34 bits per heavy atom. The summed E-state index contributed by atoms with van der Waals surface area (Å²) < 4.78 is 11.9. The van der Waals surface area contributed by atoms with Gasteiger partial charge in [-0.2, -0.15) is 4.99 Å². The van der Waals surface area contributed by atoms with Crippen molar-refractivity contribution in [3.05, 3.63) is 95.8 Å². The van der Waals surface area contributed by atoms with Crippen LogP contribution in [0.25, 0.3) is 10.8 Å². The first-order chi connectivity index (χ1) is 21.0. The van der Waals surface area contributed by atoms with Gasteiger partial charge in [-0.1, -0.05) is 45.0 Å². The molecule has 0 saturated carbocycles. The summed E-state index contributed by atoms with van der Waals surface area (Å²) in [5.41, 5.74) is 2.40. The van der Waals surface area contributed by atoms with E-state index >= 15 is 0 Å². The maximum absolute atomic E-state index is 13.4. The van der Waals surface area contributed by atoms with Crippen LogP contribution in [0.15, 0.2) is 84.0 Å². The molecule has 0 radical (unpaired) electrons. The van der Waals surface area contributed by atoms with Crippen molar-refractivity contribution < 1.29 is 19.4 Å². The van der Waals surface area contributed by atoms with Crippen molar-refractivity contribution in [3.63, 3.8) is 0 Å². The molecule has 9 heteroatoms. The number of fused-ring (bicyclic) bond motifs is 1. The Morgan fingerprint density at radius 2 is 1.68 bits per heavy atom. The zero-order valence-electron chi connectivity index (χ0n) is 25.7. The summed E-state index contributed by atoms with van der Waals surface area (Å²) in [5.74, 6) is 1.62. The van der Waals surface area contributed by atoms with Gasteiger partial charge in [-0.15, -0.1) is 0 Å². The molecule has 5 rings (SSSR count). The molecule has 228 valence electrons. The quantitative estimate of drug-likeness (QED) is 0.103. The minimum absolute atomic E-state index is 0.00574. The molecule has 0 spiro atoms. The first-order valence-electron chi connectivity index (χ1n) is 14.8. The number of hydrogen-bond donors (Lipinski definition) is 2. The fourth-order valence-corrected chi connectivity index (χ4v) is 4.72. The van der Waals surface area contributed by atoms with Gasteiger partial charge >= 0.3 is 5.90 Å². The van der Waals surface area contributed by atoms with Crippen molar-refractivity contribution >= 4 is 28.4 Å². The van der Waals surface area contributed by atoms with Crippen LogP contribution in [0.3, 0.4) is 0 Å². The van der Waals surface area contributed by atoms with Crippen molar-refractivity contribution in [2.24, 2.45) is 4.99 Å². The van der Waals surface area contributed by atoms with Gasteiger partial charge < -0.3 is 19.9 Å². The first-order valence-corrected chi connectivity index (χ1v) is 14.8. The lowest BCUT2D eigenvalue weighted by Crippen LogP contribution is -2.43. The monoisotopic (exact) mass is 594 g/mol. The lowest BCUT2D eigenvalue weighted by atomic mass is 9.87. The number of aliphatic imine (C=N–C) groups is 1. The molecule has 1 aromatic heterocycles. The fourth-order valence-electron chi connectivity index (χ4n) is 4.72. The van der Waals surface area contributed by atoms with E-state index in [1.165, 1.54) is 12.5 Å². The number of nitrogens with zero attached hydrogens (tertiary/aromatic N) is 3. The predicted octanol–water partition coefficient (Wildman–Crippen LogP) is 5.48. The molecule has 1 saturated heterocycles. The van der Waals surface area contributed by atoms with E-state index in [1.807, 2.05) is 54.6 Å². The Balaban J connectivity index is 1.28. The number of hydrogen-bond acceptors (Lipinski definition) is 6. The molecule has 4 N–H and O–H groups in total. The van der Waals surface area contributed by atoms with Crippen molar-refractivity contribution in [1.82, 2.24) is 15.2 Å². The Hall–Kier alpha value is -4.76. The molecule has 1 aliphatic rings. The minimum Gasteiger partial charge on any atom is -0.580 e. The zero-order chi connectivity index (χ0) is 31.3. The van der Waals surface area contributed by atoms with Crippen molar-refractivity contribution in [1.29, 1.82) is 5.41 Å². The predicted molar refractivity (Wildman–Crippen MR) is 175 cm³/mol. The summed E-state index contributed by atoms with van der Waals surface area (Å²) in [4.78, 5) is 24.1. The van der Waals surface area contributed by atoms with Crippen LogP contribution >= 0.6 is 0 Å². The highest BCUT2D eigenvalue weighted by Crippen LogP contribution is 2.29. The highest BCUT2D eigenvalue weighted by atomic mass is 16.5. The number of ether oxygens (including phenoxy) is 2. The molecule has 1 aliphatic heterocycles. The number of aromatic nitrogens is 1. The highest BCUT2D eigenvalue weighted by molar-refractivity contribution is 6.00. The van der Waals surface area contributed by atoms with Crippen LogP contribution in [0, 0.1) is 5.41 Å². The number of amides is 1. The molecule has 0 aliphatic carbocycles. The summed E-state index contributed by atoms with van der Waals surface area (Å²) in [5, 5.41) is 20.8. The Labute approximate surface area is 258 Å². The molecule has 9 nitrogen and oxygen atoms in total. The van der Waals surface area contributed by atoms with Crippen LogP contribution < -0.4 is 14.8 Å². The summed E-state index contributed by atoms with van der Waals surface area (Å²) in [6.45, 7) is 11.8. The molecule has 44 heavy (non-hydrogen) atoms. The Bertz CT molecular complexity index is 1660. The standard InChI is InChI=1S/C35H39N5O4/c1-23(36)38-34(42)32(19-24-5-10-28(11-6-24)43-18-17-40-15-16-40)39-33(41)31-21-26-20-30(12-7-25(26)22-37-31)44-29-13-8-27(9-14-29)35(2,3)4/h5-14,20-22,32H,15-19H2,1-4H3,(H,39,41)(H2,36,38,42)/p+1/t32-/m0/s1. The van der Waals surface area contributed by atoms with E-state index in [1.54, 1.807) is 12.3 Å². The molecule has 1 fully saturated rings. The van der Waals surface area contributed by atoms with Crippen LogP contribution in [-0.2, 0) is 11.8 Å². The van der Waals surface area contributed by atoms with E-state index in [4.69, 9.17) is 20.0 Å². The van der Waals surface area contributed by atoms with Crippen molar-refractivity contribution in [2.45, 2.75) is 45.6 Å². The summed E-state index contributed by atoms with van der Waals surface area (Å²) in [6.07, 6.45) is 1.98. The molecule has 0 bridgehead atoms. The van der Waals surface area contributed by atoms with Gasteiger partial charge in [-0.25, -0.2) is 0 Å². The van der Waals surface area contributed by atoms with Gasteiger partial charge in [0.15, 0.2) is 6.04 Å². The third-order valence-electron chi connectivity index (χ3n) is 7.38. The maximum Gasteiger partial charge on any atom is 0.356 e. The van der Waals surface area contributed by atoms with Gasteiger partial charge in [-0.05, 0) is 77.4 Å². The van der Waals surface area contributed by atoms with Crippen LogP contribution in [0.2, 0.25) is 0 Å². The largest absolute Gasteiger partial charge is 0.580 e. The molecular formula is C35H40N5O4+. The third-order valence-corrected chi connectivity index (χ3v) is 7.38. The molecule has 2 heterocycles. The zero-order valence-corrected chi connectivity index (χ0v) is 25.7. The molecule has 0 unspecified atom stereocenters. The van der Waals surface area contributed by atoms with Gasteiger partial charge in [0.1, 0.15) is 35.4 Å². The van der Waals surface area contributed by atoms with E-state index in [0.29, 0.717) is 18.8 Å². The number of rotatable bonds is 11. The Morgan fingerprint density at radius 1 is 1.00 bits per heavy atom. The number of pyridine rings is 1. The molecule has 1 amide bonds. The average Bonchev–Trinajstić information content (AvgIpc) is 3.81. The summed E-state index contributed by atoms with van der Waals surface area (Å²) >= 11 is 0. The van der Waals surface area contributed by atoms with E-state index < -0.39 is 11.9 Å². The molecular weight excluding hydrogens is 554 g/mol. The van der Waals surface area contributed by atoms with E-state index in [0.717, 1.165) is 47.5 Å². The number of benzene rings is 3. The van der Waals surface area contributed by atoms with Crippen LogP contribution in [-0.4, -0.2) is 64.9 Å². The summed E-state index contributed by atoms with van der Waals surface area (Å²) in [6, 6.07) is 22.3. The lowest BCUT2D eigenvalue weighted by molar-refractivity contribution is 0.0939. The van der Waals surface area contributed by atoms with Gasteiger partial charge in [0.25, 0.3) is 5.91 Å². The fraction of sp³-hybridized carbons (Fsp3) is 0.314. The van der Waals surface area contributed by atoms with Crippen LogP contribution in [0.1, 0.15) is 49.3 Å². The third kappa shape index (κ3) is 8.41. The van der Waals surface area contributed by atoms with Gasteiger partial charge in [-0.3, -0.25) is 20.1 Å². The molecule has 3 aromatic carbocycles. The maximum atomic E-state index is 13.4. The lowest BCUT2D eigenvalue weighted by Gasteiger charge is -2.19. The number of amidine groups is 1. The second-order valence-corrected chi connectivity index (χ2v) is 12.1. The SMILES string of the molecule is CC(=N)N=C([OH2+])[C@H](Cc1ccc(OCCN2CC2)cc1)NC(=O)c1cc2cc(Oc3ccc(C(C)(C)C)cc3)ccc2cn1. The van der Waals surface area contributed by atoms with Crippen molar-refractivity contribution in [3.8, 4) is 17.2 Å². The normalized spacial score (nSPS) is 14.2. The smallest absolute Gasteiger partial charge is 0.356 e. The van der Waals surface area contributed by atoms with Gasteiger partial charge in [0.05, 0.1) is 0 Å². The van der Waals surface area contributed by atoms with Crippen LogP contribution in [0.5, 0.6) is 17.2 Å². The first kappa shape index (κ1) is 30.7. The van der Waals surface area contributed by atoms with E-state index in [2.05, 4.69) is 53.1 Å². The number of carbonyl (C=O) groups is 1. The average molecular weight is 595 g/mol. The van der Waals surface area contributed by atoms with Crippen molar-refractivity contribution in [2.75, 3.05) is 26.2 Å². The second-order valence-electron chi connectivity index (χ2n) is 12.1. The van der Waals surface area contributed by atoms with Crippen LogP contribution in [0.4, 0.5) is 0 Å². The second kappa shape index (κ2) is 13.3. The highest BCUT2D eigenvalue weighted by Gasteiger charge is 2.25. The minimum atomic E-state index is -0.750. The molecule has 4 aromatic rings. The number of carbonyl (C=O) groups excluding carboxylic acids is 1. The van der Waals surface area contributed by atoms with Gasteiger partial charge in [0.2, 0.25) is 0 Å². The summed E-state index contributed by atoms with van der Waals surface area (Å²) in [7, 11) is 0. The topological polar surface area (TPSA) is 123 Å².